The van der Waals surface area contributed by atoms with Crippen molar-refractivity contribution in [1.82, 2.24) is 5.32 Å². The Hall–Kier alpha value is -1.66. The first-order chi connectivity index (χ1) is 11.1. The molecule has 0 aliphatic heterocycles. The molecule has 0 bridgehead atoms. The summed E-state index contributed by atoms with van der Waals surface area (Å²) in [6.07, 6.45) is 3.26. The quantitative estimate of drug-likeness (QED) is 0.778. The maximum atomic E-state index is 12.1. The van der Waals surface area contributed by atoms with Crippen molar-refractivity contribution in [3.63, 3.8) is 0 Å². The van der Waals surface area contributed by atoms with E-state index in [2.05, 4.69) is 5.32 Å². The number of rotatable bonds is 7. The monoisotopic (exact) mass is 358 g/mol. The van der Waals surface area contributed by atoms with Crippen LogP contribution in [0.3, 0.4) is 0 Å². The van der Waals surface area contributed by atoms with Gasteiger partial charge >= 0.3 is 0 Å². The van der Waals surface area contributed by atoms with Gasteiger partial charge in [-0.05, 0) is 31.7 Å². The Kier molecular flexibility index (Phi) is 8.15. The number of carbonyl (C=O) groups excluding carboxylic acids is 1. The highest BCUT2D eigenvalue weighted by Gasteiger charge is 2.27. The van der Waals surface area contributed by atoms with Crippen molar-refractivity contribution in [3.05, 3.63) is 17.7 Å². The Labute approximate surface area is 149 Å². The molecule has 7 heteroatoms. The fraction of sp³-hybridized carbons (Fsp3) is 0.588. The number of nitrogens with one attached hydrogen (secondary N) is 1. The summed E-state index contributed by atoms with van der Waals surface area (Å²) in [5, 5.41) is 2.99. The molecule has 1 amide bonds. The van der Waals surface area contributed by atoms with Gasteiger partial charge in [-0.3, -0.25) is 4.79 Å². The molecule has 1 aromatic rings. The molecule has 2 unspecified atom stereocenters. The summed E-state index contributed by atoms with van der Waals surface area (Å²) in [5.74, 6) is 1.98. The van der Waals surface area contributed by atoms with Crippen LogP contribution in [0.1, 0.15) is 24.8 Å². The van der Waals surface area contributed by atoms with Crippen molar-refractivity contribution in [1.29, 1.82) is 0 Å². The molecule has 6 nitrogen and oxygen atoms in total. The second-order valence-electron chi connectivity index (χ2n) is 5.80. The van der Waals surface area contributed by atoms with Crippen molar-refractivity contribution in [2.75, 3.05) is 27.9 Å². The average Bonchev–Trinajstić information content (AvgIpc) is 3.00. The molecule has 2 atom stereocenters. The van der Waals surface area contributed by atoms with E-state index in [4.69, 9.17) is 19.9 Å². The second-order valence-corrected chi connectivity index (χ2v) is 5.80. The highest BCUT2D eigenvalue weighted by molar-refractivity contribution is 5.85. The maximum absolute atomic E-state index is 12.1. The summed E-state index contributed by atoms with van der Waals surface area (Å²) < 4.78 is 16.1. The lowest BCUT2D eigenvalue weighted by atomic mass is 10.1. The standard InChI is InChI=1S/C17H26N2O4.ClH/c1-21-14-7-5-11(15(22-2)16(14)23-3)8-9-19-17(20)12-4-6-13(18)10-12;/h5,7,12-13H,4,6,8-10,18H2,1-3H3,(H,19,20);1H. The zero-order chi connectivity index (χ0) is 16.8. The third-order valence-electron chi connectivity index (χ3n) is 4.32. The van der Waals surface area contributed by atoms with E-state index in [9.17, 15) is 4.79 Å². The minimum absolute atomic E-state index is 0. The Morgan fingerprint density at radius 3 is 2.42 bits per heavy atom. The van der Waals surface area contributed by atoms with E-state index in [0.717, 1.165) is 24.8 Å². The number of hydrogen-bond donors (Lipinski definition) is 2. The fourth-order valence-corrected chi connectivity index (χ4v) is 3.08. The van der Waals surface area contributed by atoms with Gasteiger partial charge in [0.2, 0.25) is 11.7 Å². The van der Waals surface area contributed by atoms with Gasteiger partial charge in [0.1, 0.15) is 0 Å². The SMILES string of the molecule is COc1ccc(CCNC(=O)C2CCC(N)C2)c(OC)c1OC.Cl. The summed E-state index contributed by atoms with van der Waals surface area (Å²) in [4.78, 5) is 12.1. The summed E-state index contributed by atoms with van der Waals surface area (Å²) >= 11 is 0. The van der Waals surface area contributed by atoms with Gasteiger partial charge in [0.15, 0.2) is 11.5 Å². The molecule has 1 fully saturated rings. The lowest BCUT2D eigenvalue weighted by Gasteiger charge is -2.16. The van der Waals surface area contributed by atoms with Gasteiger partial charge in [-0.15, -0.1) is 12.4 Å². The number of hydrogen-bond acceptors (Lipinski definition) is 5. The van der Waals surface area contributed by atoms with Crippen LogP contribution < -0.4 is 25.3 Å². The van der Waals surface area contributed by atoms with E-state index in [0.29, 0.717) is 30.2 Å². The van der Waals surface area contributed by atoms with Crippen LogP contribution in [0, 0.1) is 5.92 Å². The van der Waals surface area contributed by atoms with Gasteiger partial charge in [0.05, 0.1) is 21.3 Å². The Morgan fingerprint density at radius 2 is 1.88 bits per heavy atom. The lowest BCUT2D eigenvalue weighted by Crippen LogP contribution is -2.32. The second kappa shape index (κ2) is 9.59. The predicted molar refractivity (Wildman–Crippen MR) is 95.4 cm³/mol. The fourth-order valence-electron chi connectivity index (χ4n) is 3.08. The van der Waals surface area contributed by atoms with Crippen molar-refractivity contribution in [2.45, 2.75) is 31.7 Å². The molecule has 3 N–H and O–H groups in total. The normalized spacial score (nSPS) is 19.3. The summed E-state index contributed by atoms with van der Waals surface area (Å²) in [5.41, 5.74) is 6.82. The molecule has 0 saturated heterocycles. The number of amides is 1. The van der Waals surface area contributed by atoms with Crippen molar-refractivity contribution < 1.29 is 19.0 Å². The Balaban J connectivity index is 0.00000288. The molecule has 1 aliphatic rings. The molecule has 0 aromatic heterocycles. The highest BCUT2D eigenvalue weighted by Crippen LogP contribution is 2.39. The van der Waals surface area contributed by atoms with E-state index in [-0.39, 0.29) is 30.3 Å². The third kappa shape index (κ3) is 4.68. The van der Waals surface area contributed by atoms with Crippen molar-refractivity contribution >= 4 is 18.3 Å². The molecule has 136 valence electrons. The lowest BCUT2D eigenvalue weighted by molar-refractivity contribution is -0.124. The van der Waals surface area contributed by atoms with Crippen LogP contribution >= 0.6 is 12.4 Å². The molecule has 24 heavy (non-hydrogen) atoms. The van der Waals surface area contributed by atoms with E-state index < -0.39 is 0 Å². The number of ether oxygens (including phenoxy) is 3. The van der Waals surface area contributed by atoms with E-state index >= 15 is 0 Å². The number of halogens is 1. The van der Waals surface area contributed by atoms with E-state index in [1.807, 2.05) is 12.1 Å². The van der Waals surface area contributed by atoms with Crippen LogP contribution in [0.5, 0.6) is 17.2 Å². The van der Waals surface area contributed by atoms with Gasteiger partial charge in [-0.1, -0.05) is 6.07 Å². The first-order valence-electron chi connectivity index (χ1n) is 7.91. The van der Waals surface area contributed by atoms with Crippen molar-refractivity contribution in [2.24, 2.45) is 11.7 Å². The molecular formula is C17H27ClN2O4. The number of nitrogens with two attached hydrogens (primary N) is 1. The van der Waals surface area contributed by atoms with Gasteiger partial charge in [-0.25, -0.2) is 0 Å². The van der Waals surface area contributed by atoms with E-state index in [1.54, 1.807) is 21.3 Å². The van der Waals surface area contributed by atoms with E-state index in [1.165, 1.54) is 0 Å². The molecule has 2 rings (SSSR count). The largest absolute Gasteiger partial charge is 0.493 e. The number of carbonyl (C=O) groups is 1. The minimum Gasteiger partial charge on any atom is -0.493 e. The topological polar surface area (TPSA) is 82.8 Å². The minimum atomic E-state index is 0. The summed E-state index contributed by atoms with van der Waals surface area (Å²) in [6.45, 7) is 0.552. The number of methoxy groups -OCH3 is 3. The van der Waals surface area contributed by atoms with Crippen LogP contribution in [-0.4, -0.2) is 39.8 Å². The summed E-state index contributed by atoms with van der Waals surface area (Å²) in [7, 11) is 4.76. The average molecular weight is 359 g/mol. The predicted octanol–water partition coefficient (Wildman–Crippen LogP) is 1.92. The molecule has 1 aromatic carbocycles. The van der Waals surface area contributed by atoms with Crippen LogP contribution in [0.25, 0.3) is 0 Å². The van der Waals surface area contributed by atoms with Crippen LogP contribution in [0.15, 0.2) is 12.1 Å². The molecule has 1 saturated carbocycles. The van der Waals surface area contributed by atoms with Gasteiger partial charge in [0.25, 0.3) is 0 Å². The molecule has 0 radical (unpaired) electrons. The number of benzene rings is 1. The Bertz CT molecular complexity index is 554. The molecular weight excluding hydrogens is 332 g/mol. The smallest absolute Gasteiger partial charge is 0.223 e. The van der Waals surface area contributed by atoms with Crippen molar-refractivity contribution in [3.8, 4) is 17.2 Å². The van der Waals surface area contributed by atoms with Gasteiger partial charge in [0, 0.05) is 24.1 Å². The molecule has 0 spiro atoms. The van der Waals surface area contributed by atoms with Crippen LogP contribution in [0.2, 0.25) is 0 Å². The zero-order valence-electron chi connectivity index (χ0n) is 14.5. The third-order valence-corrected chi connectivity index (χ3v) is 4.32. The zero-order valence-corrected chi connectivity index (χ0v) is 15.3. The molecule has 1 aliphatic carbocycles. The van der Waals surface area contributed by atoms with Gasteiger partial charge in [-0.2, -0.15) is 0 Å². The van der Waals surface area contributed by atoms with Crippen LogP contribution in [-0.2, 0) is 11.2 Å². The molecule has 0 heterocycles. The first-order valence-corrected chi connectivity index (χ1v) is 7.91. The Morgan fingerprint density at radius 1 is 1.17 bits per heavy atom. The van der Waals surface area contributed by atoms with Crippen LogP contribution in [0.4, 0.5) is 0 Å². The van der Waals surface area contributed by atoms with Gasteiger partial charge < -0.3 is 25.3 Å². The first kappa shape index (κ1) is 20.4. The summed E-state index contributed by atoms with van der Waals surface area (Å²) in [6, 6.07) is 3.93. The highest BCUT2D eigenvalue weighted by atomic mass is 35.5. The maximum Gasteiger partial charge on any atom is 0.223 e.